The highest BCUT2D eigenvalue weighted by molar-refractivity contribution is 5.84. The van der Waals surface area contributed by atoms with Crippen molar-refractivity contribution in [3.63, 3.8) is 0 Å². The van der Waals surface area contributed by atoms with E-state index in [4.69, 9.17) is 4.74 Å². The summed E-state index contributed by atoms with van der Waals surface area (Å²) in [5.74, 6) is 0.184. The molecular formula is C21H28N2O2. The molecule has 25 heavy (non-hydrogen) atoms. The zero-order valence-corrected chi connectivity index (χ0v) is 15.3. The van der Waals surface area contributed by atoms with Crippen LogP contribution >= 0.6 is 0 Å². The van der Waals surface area contributed by atoms with Crippen LogP contribution in [0.2, 0.25) is 0 Å². The van der Waals surface area contributed by atoms with Gasteiger partial charge >= 0.3 is 6.09 Å². The molecule has 2 rings (SSSR count). The summed E-state index contributed by atoms with van der Waals surface area (Å²) in [7, 11) is 0. The maximum Gasteiger partial charge on any atom is 0.412 e. The molecule has 0 heterocycles. The molecule has 1 N–H and O–H groups in total. The lowest BCUT2D eigenvalue weighted by molar-refractivity contribution is 0.0621. The molecule has 1 amide bonds. The van der Waals surface area contributed by atoms with Crippen molar-refractivity contribution in [2.45, 2.75) is 26.9 Å². The highest BCUT2D eigenvalue weighted by Crippen LogP contribution is 2.27. The summed E-state index contributed by atoms with van der Waals surface area (Å²) in [6, 6.07) is 19.3. The van der Waals surface area contributed by atoms with E-state index in [9.17, 15) is 4.79 Å². The normalized spacial score (nSPS) is 13.3. The summed E-state index contributed by atoms with van der Waals surface area (Å²) in [5.41, 5.74) is 1.75. The van der Waals surface area contributed by atoms with Crippen molar-refractivity contribution in [2.75, 3.05) is 25.0 Å². The molecule has 0 radical (unpaired) electrons. The minimum atomic E-state index is -0.425. The number of benzene rings is 2. The van der Waals surface area contributed by atoms with Gasteiger partial charge in [0.1, 0.15) is 6.10 Å². The Hall–Kier alpha value is -2.33. The molecule has 2 aromatic carbocycles. The average Bonchev–Trinajstić information content (AvgIpc) is 2.65. The number of ether oxygens (including phenoxy) is 1. The standard InChI is InChI=1S/C21H28N2O2/c1-4-23(5-2)16-17(3)20(18-12-8-6-9-13-18)25-21(24)22-19-14-10-7-11-15-19/h6-15,17,20H,4-5,16H2,1-3H3,(H,22,24). The zero-order valence-electron chi connectivity index (χ0n) is 15.3. The molecule has 2 unspecified atom stereocenters. The van der Waals surface area contributed by atoms with Crippen LogP contribution < -0.4 is 5.32 Å². The Morgan fingerprint density at radius 2 is 1.56 bits per heavy atom. The number of carbonyl (C=O) groups is 1. The second-order valence-corrected chi connectivity index (χ2v) is 6.19. The SMILES string of the molecule is CCN(CC)CC(C)C(OC(=O)Nc1ccccc1)c1ccccc1. The van der Waals surface area contributed by atoms with Gasteiger partial charge in [-0.25, -0.2) is 4.79 Å². The number of hydrogen-bond acceptors (Lipinski definition) is 3. The Morgan fingerprint density at radius 3 is 2.12 bits per heavy atom. The molecule has 0 spiro atoms. The van der Waals surface area contributed by atoms with Gasteiger partial charge in [0, 0.05) is 18.2 Å². The number of anilines is 1. The molecule has 2 aromatic rings. The monoisotopic (exact) mass is 340 g/mol. The molecule has 134 valence electrons. The summed E-state index contributed by atoms with van der Waals surface area (Å²) in [6.07, 6.45) is -0.711. The second-order valence-electron chi connectivity index (χ2n) is 6.19. The Morgan fingerprint density at radius 1 is 1.00 bits per heavy atom. The smallest absolute Gasteiger partial charge is 0.412 e. The van der Waals surface area contributed by atoms with Crippen LogP contribution in [0.25, 0.3) is 0 Å². The van der Waals surface area contributed by atoms with Gasteiger partial charge in [-0.15, -0.1) is 0 Å². The molecule has 0 saturated heterocycles. The van der Waals surface area contributed by atoms with Crippen molar-refractivity contribution in [1.29, 1.82) is 0 Å². The number of amides is 1. The molecule has 0 aliphatic rings. The van der Waals surface area contributed by atoms with Gasteiger partial charge in [-0.1, -0.05) is 69.3 Å². The third-order valence-electron chi connectivity index (χ3n) is 4.34. The largest absolute Gasteiger partial charge is 0.441 e. The van der Waals surface area contributed by atoms with Gasteiger partial charge in [-0.05, 0) is 30.8 Å². The van der Waals surface area contributed by atoms with E-state index in [1.807, 2.05) is 60.7 Å². The van der Waals surface area contributed by atoms with Gasteiger partial charge in [0.25, 0.3) is 0 Å². The second kappa shape index (κ2) is 9.84. The van der Waals surface area contributed by atoms with Crippen LogP contribution in [0, 0.1) is 5.92 Å². The van der Waals surface area contributed by atoms with Crippen LogP contribution in [0.5, 0.6) is 0 Å². The molecular weight excluding hydrogens is 312 g/mol. The lowest BCUT2D eigenvalue weighted by Gasteiger charge is -2.29. The molecule has 0 aromatic heterocycles. The van der Waals surface area contributed by atoms with Crippen molar-refractivity contribution >= 4 is 11.8 Å². The third kappa shape index (κ3) is 5.91. The van der Waals surface area contributed by atoms with Crippen molar-refractivity contribution in [1.82, 2.24) is 4.90 Å². The number of carbonyl (C=O) groups excluding carboxylic acids is 1. The first-order valence-corrected chi connectivity index (χ1v) is 8.94. The van der Waals surface area contributed by atoms with E-state index in [-0.39, 0.29) is 12.0 Å². The van der Waals surface area contributed by atoms with E-state index < -0.39 is 6.09 Å². The van der Waals surface area contributed by atoms with Crippen LogP contribution in [0.15, 0.2) is 60.7 Å². The average molecular weight is 340 g/mol. The first kappa shape index (κ1) is 19.0. The lowest BCUT2D eigenvalue weighted by atomic mass is 9.96. The fraction of sp³-hybridized carbons (Fsp3) is 0.381. The zero-order chi connectivity index (χ0) is 18.1. The van der Waals surface area contributed by atoms with E-state index in [1.54, 1.807) is 0 Å². The summed E-state index contributed by atoms with van der Waals surface area (Å²) >= 11 is 0. The van der Waals surface area contributed by atoms with Crippen molar-refractivity contribution < 1.29 is 9.53 Å². The summed E-state index contributed by atoms with van der Waals surface area (Å²) < 4.78 is 5.82. The predicted molar refractivity (Wildman–Crippen MR) is 103 cm³/mol. The third-order valence-corrected chi connectivity index (χ3v) is 4.34. The van der Waals surface area contributed by atoms with Crippen LogP contribution in [0.1, 0.15) is 32.4 Å². The fourth-order valence-electron chi connectivity index (χ4n) is 2.92. The van der Waals surface area contributed by atoms with Gasteiger partial charge in [-0.3, -0.25) is 5.32 Å². The van der Waals surface area contributed by atoms with Crippen LogP contribution in [0.4, 0.5) is 10.5 Å². The molecule has 0 aliphatic carbocycles. The van der Waals surface area contributed by atoms with Gasteiger partial charge in [0.05, 0.1) is 0 Å². The molecule has 4 nitrogen and oxygen atoms in total. The van der Waals surface area contributed by atoms with Gasteiger partial charge in [-0.2, -0.15) is 0 Å². The quantitative estimate of drug-likeness (QED) is 0.739. The van der Waals surface area contributed by atoms with Gasteiger partial charge in [0.2, 0.25) is 0 Å². The number of hydrogen-bond donors (Lipinski definition) is 1. The van der Waals surface area contributed by atoms with E-state index in [2.05, 4.69) is 31.0 Å². The van der Waals surface area contributed by atoms with E-state index in [1.165, 1.54) is 0 Å². The number of nitrogens with zero attached hydrogens (tertiary/aromatic N) is 1. The van der Waals surface area contributed by atoms with E-state index in [0.29, 0.717) is 0 Å². The predicted octanol–water partition coefficient (Wildman–Crippen LogP) is 4.95. The van der Waals surface area contributed by atoms with Crippen LogP contribution in [-0.4, -0.2) is 30.6 Å². The van der Waals surface area contributed by atoms with Crippen LogP contribution in [-0.2, 0) is 4.74 Å². The highest BCUT2D eigenvalue weighted by atomic mass is 16.6. The van der Waals surface area contributed by atoms with Crippen molar-refractivity contribution in [2.24, 2.45) is 5.92 Å². The molecule has 0 bridgehead atoms. The Balaban J connectivity index is 2.10. The Labute approximate surface area is 150 Å². The maximum absolute atomic E-state index is 12.4. The van der Waals surface area contributed by atoms with Gasteiger partial charge < -0.3 is 9.64 Å². The molecule has 0 saturated carbocycles. The fourth-order valence-corrected chi connectivity index (χ4v) is 2.92. The summed E-state index contributed by atoms with van der Waals surface area (Å²) in [6.45, 7) is 9.28. The van der Waals surface area contributed by atoms with Gasteiger partial charge in [0.15, 0.2) is 0 Å². The Bertz CT molecular complexity index is 627. The van der Waals surface area contributed by atoms with Crippen LogP contribution in [0.3, 0.4) is 0 Å². The lowest BCUT2D eigenvalue weighted by Crippen LogP contribution is -2.32. The molecule has 0 aliphatic heterocycles. The molecule has 0 fully saturated rings. The minimum absolute atomic E-state index is 0.184. The highest BCUT2D eigenvalue weighted by Gasteiger charge is 2.25. The first-order chi connectivity index (χ1) is 12.1. The minimum Gasteiger partial charge on any atom is -0.441 e. The topological polar surface area (TPSA) is 41.6 Å². The van der Waals surface area contributed by atoms with Crippen molar-refractivity contribution in [3.8, 4) is 0 Å². The summed E-state index contributed by atoms with van der Waals surface area (Å²) in [4.78, 5) is 14.7. The van der Waals surface area contributed by atoms with E-state index >= 15 is 0 Å². The number of nitrogens with one attached hydrogen (secondary N) is 1. The first-order valence-electron chi connectivity index (χ1n) is 8.94. The van der Waals surface area contributed by atoms with E-state index in [0.717, 1.165) is 30.9 Å². The Kier molecular flexibility index (Phi) is 7.48. The maximum atomic E-state index is 12.4. The summed E-state index contributed by atoms with van der Waals surface area (Å²) in [5, 5.41) is 2.80. The van der Waals surface area contributed by atoms with Crippen molar-refractivity contribution in [3.05, 3.63) is 66.2 Å². The number of para-hydroxylation sites is 1. The molecule has 2 atom stereocenters. The molecule has 4 heteroatoms. The number of rotatable bonds is 8.